The Kier molecular flexibility index (Phi) is 4.27. The molecule has 1 aliphatic carbocycles. The minimum absolute atomic E-state index is 0.00336. The number of amides is 1. The van der Waals surface area contributed by atoms with Crippen LogP contribution in [0.25, 0.3) is 0 Å². The van der Waals surface area contributed by atoms with E-state index in [0.29, 0.717) is 17.5 Å². The molecule has 0 heterocycles. The third kappa shape index (κ3) is 3.86. The number of nitrogens with one attached hydrogen (secondary N) is 1. The molecule has 5 nitrogen and oxygen atoms in total. The molecular weight excluding hydrogens is 244 g/mol. The summed E-state index contributed by atoms with van der Waals surface area (Å²) in [6, 6.07) is 5.62. The summed E-state index contributed by atoms with van der Waals surface area (Å²) in [6.45, 7) is 1.88. The molecule has 0 spiro atoms. The minimum Gasteiger partial charge on any atom is -0.497 e. The molecule has 1 atom stereocenters. The van der Waals surface area contributed by atoms with Crippen molar-refractivity contribution in [2.45, 2.75) is 31.8 Å². The van der Waals surface area contributed by atoms with E-state index in [-0.39, 0.29) is 18.6 Å². The standard InChI is InChI=1S/C14H20N2O3/c1-9(15)12-6-5-11(18-2)7-13(12)19-8-14(17)16-10-3-4-10/h5-7,9-10H,3-4,8,15H2,1-2H3,(H,16,17)/t9-/m0/s1. The van der Waals surface area contributed by atoms with Crippen molar-refractivity contribution in [2.24, 2.45) is 5.73 Å². The summed E-state index contributed by atoms with van der Waals surface area (Å²) < 4.78 is 10.7. The largest absolute Gasteiger partial charge is 0.497 e. The van der Waals surface area contributed by atoms with Gasteiger partial charge in [0.2, 0.25) is 0 Å². The highest BCUT2D eigenvalue weighted by molar-refractivity contribution is 5.78. The third-order valence-electron chi connectivity index (χ3n) is 3.01. The summed E-state index contributed by atoms with van der Waals surface area (Å²) in [5.41, 5.74) is 6.74. The van der Waals surface area contributed by atoms with E-state index >= 15 is 0 Å². The second kappa shape index (κ2) is 5.93. The molecule has 2 rings (SSSR count). The van der Waals surface area contributed by atoms with Crippen molar-refractivity contribution in [3.05, 3.63) is 23.8 Å². The number of benzene rings is 1. The van der Waals surface area contributed by atoms with E-state index in [1.54, 1.807) is 13.2 Å². The molecule has 0 saturated heterocycles. The van der Waals surface area contributed by atoms with Gasteiger partial charge in [0.1, 0.15) is 11.5 Å². The van der Waals surface area contributed by atoms with Gasteiger partial charge in [-0.05, 0) is 25.8 Å². The molecule has 1 aromatic rings. The summed E-state index contributed by atoms with van der Waals surface area (Å²) >= 11 is 0. The van der Waals surface area contributed by atoms with Crippen LogP contribution in [0.1, 0.15) is 31.4 Å². The Morgan fingerprint density at radius 2 is 2.26 bits per heavy atom. The van der Waals surface area contributed by atoms with E-state index in [2.05, 4.69) is 5.32 Å². The molecule has 0 unspecified atom stereocenters. The molecule has 1 aromatic carbocycles. The number of hydrogen-bond acceptors (Lipinski definition) is 4. The van der Waals surface area contributed by atoms with E-state index in [1.807, 2.05) is 19.1 Å². The minimum atomic E-state index is -0.160. The van der Waals surface area contributed by atoms with Crippen molar-refractivity contribution in [3.63, 3.8) is 0 Å². The van der Waals surface area contributed by atoms with Gasteiger partial charge in [-0.15, -0.1) is 0 Å². The van der Waals surface area contributed by atoms with Crippen LogP contribution in [0.5, 0.6) is 11.5 Å². The van der Waals surface area contributed by atoms with E-state index < -0.39 is 0 Å². The molecule has 1 fully saturated rings. The maximum atomic E-state index is 11.6. The fourth-order valence-electron chi connectivity index (χ4n) is 1.78. The van der Waals surface area contributed by atoms with E-state index in [1.165, 1.54) is 0 Å². The van der Waals surface area contributed by atoms with Gasteiger partial charge in [0, 0.05) is 23.7 Å². The van der Waals surface area contributed by atoms with Gasteiger partial charge < -0.3 is 20.5 Å². The number of hydrogen-bond donors (Lipinski definition) is 2. The third-order valence-corrected chi connectivity index (χ3v) is 3.01. The Morgan fingerprint density at radius 3 is 2.84 bits per heavy atom. The first-order chi connectivity index (χ1) is 9.10. The maximum absolute atomic E-state index is 11.6. The summed E-state index contributed by atoms with van der Waals surface area (Å²) in [5.74, 6) is 1.18. The SMILES string of the molecule is COc1ccc([C@H](C)N)c(OCC(=O)NC2CC2)c1. The van der Waals surface area contributed by atoms with Crippen LogP contribution in [0, 0.1) is 0 Å². The van der Waals surface area contributed by atoms with Crippen molar-refractivity contribution in [3.8, 4) is 11.5 Å². The van der Waals surface area contributed by atoms with Gasteiger partial charge in [0.15, 0.2) is 6.61 Å². The van der Waals surface area contributed by atoms with Gasteiger partial charge in [-0.2, -0.15) is 0 Å². The van der Waals surface area contributed by atoms with Crippen LogP contribution < -0.4 is 20.5 Å². The van der Waals surface area contributed by atoms with Gasteiger partial charge in [0.25, 0.3) is 5.91 Å². The second-order valence-electron chi connectivity index (χ2n) is 4.82. The highest BCUT2D eigenvalue weighted by atomic mass is 16.5. The zero-order valence-corrected chi connectivity index (χ0v) is 11.3. The van der Waals surface area contributed by atoms with Crippen LogP contribution in [0.3, 0.4) is 0 Å². The Balaban J connectivity index is 2.01. The quantitative estimate of drug-likeness (QED) is 0.814. The number of methoxy groups -OCH3 is 1. The lowest BCUT2D eigenvalue weighted by atomic mass is 10.1. The fourth-order valence-corrected chi connectivity index (χ4v) is 1.78. The summed E-state index contributed by atoms with van der Waals surface area (Å²) in [4.78, 5) is 11.6. The number of ether oxygens (including phenoxy) is 2. The molecule has 0 aliphatic heterocycles. The van der Waals surface area contributed by atoms with Gasteiger partial charge in [-0.1, -0.05) is 6.07 Å². The van der Waals surface area contributed by atoms with Crippen LogP contribution in [-0.4, -0.2) is 25.7 Å². The van der Waals surface area contributed by atoms with Crippen LogP contribution in [0.4, 0.5) is 0 Å². The van der Waals surface area contributed by atoms with Gasteiger partial charge >= 0.3 is 0 Å². The Hall–Kier alpha value is -1.75. The lowest BCUT2D eigenvalue weighted by Crippen LogP contribution is -2.30. The molecule has 1 amide bonds. The van der Waals surface area contributed by atoms with Crippen LogP contribution in [-0.2, 0) is 4.79 Å². The molecule has 5 heteroatoms. The van der Waals surface area contributed by atoms with Crippen LogP contribution in [0.2, 0.25) is 0 Å². The van der Waals surface area contributed by atoms with Crippen molar-refractivity contribution in [1.82, 2.24) is 5.32 Å². The molecule has 0 aromatic heterocycles. The van der Waals surface area contributed by atoms with Crippen LogP contribution >= 0.6 is 0 Å². The van der Waals surface area contributed by atoms with Crippen molar-refractivity contribution >= 4 is 5.91 Å². The highest BCUT2D eigenvalue weighted by Gasteiger charge is 2.23. The maximum Gasteiger partial charge on any atom is 0.258 e. The molecule has 0 radical (unpaired) electrons. The Bertz CT molecular complexity index is 456. The van der Waals surface area contributed by atoms with Gasteiger partial charge in [-0.3, -0.25) is 4.79 Å². The van der Waals surface area contributed by atoms with Crippen molar-refractivity contribution in [1.29, 1.82) is 0 Å². The summed E-state index contributed by atoms with van der Waals surface area (Å²) in [7, 11) is 1.59. The first-order valence-corrected chi connectivity index (χ1v) is 6.46. The predicted molar refractivity (Wildman–Crippen MR) is 72.3 cm³/mol. The smallest absolute Gasteiger partial charge is 0.258 e. The summed E-state index contributed by atoms with van der Waals surface area (Å²) in [5, 5.41) is 2.87. The average molecular weight is 264 g/mol. The topological polar surface area (TPSA) is 73.6 Å². The van der Waals surface area contributed by atoms with E-state index in [0.717, 1.165) is 18.4 Å². The molecule has 1 aliphatic rings. The normalized spacial score (nSPS) is 15.7. The lowest BCUT2D eigenvalue weighted by Gasteiger charge is -2.15. The van der Waals surface area contributed by atoms with Crippen molar-refractivity contribution < 1.29 is 14.3 Å². The number of rotatable bonds is 6. The van der Waals surface area contributed by atoms with Crippen molar-refractivity contribution in [2.75, 3.05) is 13.7 Å². The zero-order chi connectivity index (χ0) is 13.8. The van der Waals surface area contributed by atoms with Gasteiger partial charge in [-0.25, -0.2) is 0 Å². The number of carbonyl (C=O) groups is 1. The molecule has 104 valence electrons. The first-order valence-electron chi connectivity index (χ1n) is 6.46. The van der Waals surface area contributed by atoms with Crippen LogP contribution in [0.15, 0.2) is 18.2 Å². The fraction of sp³-hybridized carbons (Fsp3) is 0.500. The van der Waals surface area contributed by atoms with E-state index in [9.17, 15) is 4.79 Å². The van der Waals surface area contributed by atoms with Gasteiger partial charge in [0.05, 0.1) is 7.11 Å². The Morgan fingerprint density at radius 1 is 1.53 bits per heavy atom. The first kappa shape index (κ1) is 13.7. The molecular formula is C14H20N2O3. The summed E-state index contributed by atoms with van der Waals surface area (Å²) in [6.07, 6.45) is 2.13. The second-order valence-corrected chi connectivity index (χ2v) is 4.82. The monoisotopic (exact) mass is 264 g/mol. The molecule has 0 bridgehead atoms. The Labute approximate surface area is 113 Å². The predicted octanol–water partition coefficient (Wildman–Crippen LogP) is 1.37. The lowest BCUT2D eigenvalue weighted by molar-refractivity contribution is -0.123. The molecule has 3 N–H and O–H groups in total. The number of carbonyl (C=O) groups excluding carboxylic acids is 1. The molecule has 1 saturated carbocycles. The highest BCUT2D eigenvalue weighted by Crippen LogP contribution is 2.28. The number of nitrogens with two attached hydrogens (primary N) is 1. The zero-order valence-electron chi connectivity index (χ0n) is 11.3. The van der Waals surface area contributed by atoms with E-state index in [4.69, 9.17) is 15.2 Å². The molecule has 19 heavy (non-hydrogen) atoms. The average Bonchev–Trinajstić information content (AvgIpc) is 3.19.